The third-order valence-electron chi connectivity index (χ3n) is 4.41. The Bertz CT molecular complexity index is 1120. The van der Waals surface area contributed by atoms with Gasteiger partial charge in [0.2, 0.25) is 26.0 Å². The molecule has 3 rings (SSSR count). The van der Waals surface area contributed by atoms with E-state index in [0.29, 0.717) is 16.1 Å². The zero-order valence-electron chi connectivity index (χ0n) is 15.3. The monoisotopic (exact) mass is 442 g/mol. The molecule has 1 aliphatic rings. The van der Waals surface area contributed by atoms with Crippen LogP contribution in [0.5, 0.6) is 0 Å². The van der Waals surface area contributed by atoms with Gasteiger partial charge in [-0.3, -0.25) is 4.79 Å². The smallest absolute Gasteiger partial charge is 0.242 e. The van der Waals surface area contributed by atoms with Gasteiger partial charge in [0.15, 0.2) is 0 Å². The Morgan fingerprint density at radius 1 is 1.11 bits per heavy atom. The molecule has 28 heavy (non-hydrogen) atoms. The summed E-state index contributed by atoms with van der Waals surface area (Å²) in [5.74, 6) is -0.762. The van der Waals surface area contributed by atoms with Crippen LogP contribution in [0.25, 0.3) is 0 Å². The molecule has 1 N–H and O–H groups in total. The van der Waals surface area contributed by atoms with Gasteiger partial charge >= 0.3 is 0 Å². The molecule has 0 bridgehead atoms. The number of nitrogens with zero attached hydrogens (tertiary/aromatic N) is 1. The number of nitrogens with one attached hydrogen (secondary N) is 1. The minimum Gasteiger partial charge on any atom is -0.273 e. The number of anilines is 1. The number of hydrogen-bond donors (Lipinski definition) is 1. The van der Waals surface area contributed by atoms with Crippen molar-refractivity contribution in [3.05, 3.63) is 58.1 Å². The lowest BCUT2D eigenvalue weighted by molar-refractivity contribution is -0.116. The quantitative estimate of drug-likeness (QED) is 0.766. The van der Waals surface area contributed by atoms with Gasteiger partial charge in [-0.25, -0.2) is 25.9 Å². The molecule has 1 amide bonds. The lowest BCUT2D eigenvalue weighted by Gasteiger charge is -2.19. The fourth-order valence-electron chi connectivity index (χ4n) is 3.19. The standard InChI is InChI=1S/C18H19ClN2O5S2/c1-12-9-16(21-17(22)7-8-27(21,23)24)10-13(2)18(12)28(25,26)20-11-14-3-5-15(19)6-4-14/h3-6,9-10,20H,7-8,11H2,1-2H3. The predicted molar refractivity (Wildman–Crippen MR) is 107 cm³/mol. The number of rotatable bonds is 5. The van der Waals surface area contributed by atoms with Crippen LogP contribution in [0.15, 0.2) is 41.3 Å². The average Bonchev–Trinajstić information content (AvgIpc) is 2.86. The zero-order valence-corrected chi connectivity index (χ0v) is 17.7. The van der Waals surface area contributed by atoms with Crippen molar-refractivity contribution in [3.63, 3.8) is 0 Å². The van der Waals surface area contributed by atoms with Crippen LogP contribution in [0.3, 0.4) is 0 Å². The Hall–Kier alpha value is -1.94. The van der Waals surface area contributed by atoms with E-state index in [9.17, 15) is 21.6 Å². The maximum Gasteiger partial charge on any atom is 0.242 e. The highest BCUT2D eigenvalue weighted by Crippen LogP contribution is 2.31. The summed E-state index contributed by atoms with van der Waals surface area (Å²) in [5.41, 5.74) is 1.62. The van der Waals surface area contributed by atoms with Crippen molar-refractivity contribution in [1.29, 1.82) is 0 Å². The molecule has 10 heteroatoms. The summed E-state index contributed by atoms with van der Waals surface area (Å²) in [7, 11) is -7.56. The number of aryl methyl sites for hydroxylation is 2. The summed E-state index contributed by atoms with van der Waals surface area (Å²) < 4.78 is 53.1. The van der Waals surface area contributed by atoms with Gasteiger partial charge in [-0.05, 0) is 54.8 Å². The van der Waals surface area contributed by atoms with Crippen LogP contribution in [-0.4, -0.2) is 28.5 Å². The molecule has 0 unspecified atom stereocenters. The normalized spacial score (nSPS) is 16.5. The lowest BCUT2D eigenvalue weighted by Crippen LogP contribution is -2.30. The lowest BCUT2D eigenvalue weighted by atomic mass is 10.1. The van der Waals surface area contributed by atoms with Gasteiger partial charge in [0.05, 0.1) is 16.3 Å². The fraction of sp³-hybridized carbons (Fsp3) is 0.278. The highest BCUT2D eigenvalue weighted by Gasteiger charge is 2.37. The zero-order chi connectivity index (χ0) is 20.7. The maximum atomic E-state index is 12.8. The summed E-state index contributed by atoms with van der Waals surface area (Å²) in [4.78, 5) is 12.0. The largest absolute Gasteiger partial charge is 0.273 e. The molecule has 0 spiro atoms. The van der Waals surface area contributed by atoms with Crippen molar-refractivity contribution in [2.45, 2.75) is 31.7 Å². The second kappa shape index (κ2) is 7.47. The molecule has 0 atom stereocenters. The van der Waals surface area contributed by atoms with Crippen LogP contribution in [0.1, 0.15) is 23.1 Å². The SMILES string of the molecule is Cc1cc(N2C(=O)CCS2(=O)=O)cc(C)c1S(=O)(=O)NCc1ccc(Cl)cc1. The molecule has 0 aromatic heterocycles. The van der Waals surface area contributed by atoms with Crippen molar-refractivity contribution in [1.82, 2.24) is 4.72 Å². The third-order valence-corrected chi connectivity index (χ3v) is 8.06. The topological polar surface area (TPSA) is 101 Å². The molecule has 0 saturated carbocycles. The van der Waals surface area contributed by atoms with E-state index in [1.54, 1.807) is 38.1 Å². The Labute approximate surface area is 169 Å². The van der Waals surface area contributed by atoms with Gasteiger partial charge in [0, 0.05) is 18.0 Å². The number of carbonyl (C=O) groups is 1. The first kappa shape index (κ1) is 20.8. The number of sulfonamides is 2. The van der Waals surface area contributed by atoms with E-state index < -0.39 is 26.0 Å². The number of hydrogen-bond acceptors (Lipinski definition) is 5. The summed E-state index contributed by atoms with van der Waals surface area (Å²) >= 11 is 5.83. The van der Waals surface area contributed by atoms with Crippen molar-refractivity contribution in [2.24, 2.45) is 0 Å². The molecule has 150 valence electrons. The van der Waals surface area contributed by atoms with Crippen LogP contribution in [0.2, 0.25) is 5.02 Å². The molecule has 0 aliphatic carbocycles. The van der Waals surface area contributed by atoms with Crippen LogP contribution < -0.4 is 9.03 Å². The maximum absolute atomic E-state index is 12.8. The van der Waals surface area contributed by atoms with Gasteiger partial charge in [0.25, 0.3) is 0 Å². The molecule has 0 radical (unpaired) electrons. The Morgan fingerprint density at radius 2 is 1.68 bits per heavy atom. The second-order valence-corrected chi connectivity index (χ2v) is 10.7. The van der Waals surface area contributed by atoms with Gasteiger partial charge in [0.1, 0.15) is 0 Å². The Morgan fingerprint density at radius 3 is 2.18 bits per heavy atom. The molecule has 2 aromatic carbocycles. The third kappa shape index (κ3) is 4.07. The van der Waals surface area contributed by atoms with Crippen molar-refractivity contribution >= 4 is 43.2 Å². The van der Waals surface area contributed by atoms with Gasteiger partial charge in [-0.1, -0.05) is 23.7 Å². The molecular weight excluding hydrogens is 424 g/mol. The van der Waals surface area contributed by atoms with E-state index in [4.69, 9.17) is 11.6 Å². The molecule has 7 nitrogen and oxygen atoms in total. The summed E-state index contributed by atoms with van der Waals surface area (Å²) in [6, 6.07) is 9.60. The van der Waals surface area contributed by atoms with E-state index in [-0.39, 0.29) is 29.3 Å². The van der Waals surface area contributed by atoms with Crippen molar-refractivity contribution < 1.29 is 21.6 Å². The Balaban J connectivity index is 1.92. The number of amides is 1. The number of carbonyl (C=O) groups excluding carboxylic acids is 1. The van der Waals surface area contributed by atoms with E-state index in [2.05, 4.69) is 4.72 Å². The highest BCUT2D eigenvalue weighted by atomic mass is 35.5. The number of halogens is 1. The summed E-state index contributed by atoms with van der Waals surface area (Å²) in [6.45, 7) is 3.22. The van der Waals surface area contributed by atoms with Gasteiger partial charge in [-0.2, -0.15) is 0 Å². The summed E-state index contributed by atoms with van der Waals surface area (Å²) in [5, 5.41) is 0.556. The highest BCUT2D eigenvalue weighted by molar-refractivity contribution is 7.94. The first-order valence-corrected chi connectivity index (χ1v) is 11.9. The first-order valence-electron chi connectivity index (χ1n) is 8.42. The summed E-state index contributed by atoms with van der Waals surface area (Å²) in [6.07, 6.45) is -0.0802. The van der Waals surface area contributed by atoms with Crippen LogP contribution in [0, 0.1) is 13.8 Å². The molecular formula is C18H19ClN2O5S2. The van der Waals surface area contributed by atoms with Crippen molar-refractivity contribution in [2.75, 3.05) is 10.1 Å². The van der Waals surface area contributed by atoms with E-state index in [1.165, 1.54) is 12.1 Å². The van der Waals surface area contributed by atoms with Crippen LogP contribution in [0.4, 0.5) is 5.69 Å². The predicted octanol–water partition coefficient (Wildman–Crippen LogP) is 2.50. The minimum absolute atomic E-state index is 0.0641. The minimum atomic E-state index is -3.85. The molecule has 1 heterocycles. The van der Waals surface area contributed by atoms with Gasteiger partial charge in [-0.15, -0.1) is 0 Å². The van der Waals surface area contributed by atoms with Crippen molar-refractivity contribution in [3.8, 4) is 0 Å². The molecule has 1 saturated heterocycles. The molecule has 1 fully saturated rings. The molecule has 1 aliphatic heterocycles. The van der Waals surface area contributed by atoms with Crippen LogP contribution >= 0.6 is 11.6 Å². The molecule has 2 aromatic rings. The van der Waals surface area contributed by atoms with E-state index in [0.717, 1.165) is 9.87 Å². The average molecular weight is 443 g/mol. The van der Waals surface area contributed by atoms with Crippen LogP contribution in [-0.2, 0) is 31.4 Å². The second-order valence-electron chi connectivity index (χ2n) is 6.58. The van der Waals surface area contributed by atoms with Gasteiger partial charge < -0.3 is 0 Å². The number of benzene rings is 2. The first-order chi connectivity index (χ1) is 13.0. The van der Waals surface area contributed by atoms with E-state index >= 15 is 0 Å². The van der Waals surface area contributed by atoms with E-state index in [1.807, 2.05) is 0 Å². The Kier molecular flexibility index (Phi) is 5.55. The fourth-order valence-corrected chi connectivity index (χ4v) is 6.23.